The molecule has 162 valence electrons. The molecule has 6 heteroatoms. The zero-order valence-corrected chi connectivity index (χ0v) is 18.1. The molecule has 2 fully saturated rings. The minimum absolute atomic E-state index is 0.109. The minimum atomic E-state index is -0.175. The molecule has 0 saturated carbocycles. The zero-order chi connectivity index (χ0) is 21.0. The van der Waals surface area contributed by atoms with Crippen molar-refractivity contribution in [2.45, 2.75) is 24.9 Å². The Labute approximate surface area is 179 Å². The van der Waals surface area contributed by atoms with E-state index in [4.69, 9.17) is 9.47 Å². The van der Waals surface area contributed by atoms with Crippen molar-refractivity contribution in [3.63, 3.8) is 0 Å². The van der Waals surface area contributed by atoms with Gasteiger partial charge in [-0.1, -0.05) is 0 Å². The molecule has 2 atom stereocenters. The molecule has 1 aromatic heterocycles. The number of piperidine rings is 1. The van der Waals surface area contributed by atoms with Crippen LogP contribution in [-0.2, 0) is 9.47 Å². The molecule has 0 bridgehead atoms. The Balaban J connectivity index is 1.36. The number of hydrogen-bond acceptors (Lipinski definition) is 4. The lowest BCUT2D eigenvalue weighted by molar-refractivity contribution is -0.0450. The summed E-state index contributed by atoms with van der Waals surface area (Å²) in [6, 6.07) is 11.9. The molecule has 1 amide bonds. The number of likely N-dealkylation sites (N-methyl/N-ethyl adjacent to an activating group) is 1. The van der Waals surface area contributed by atoms with Gasteiger partial charge in [-0.05, 0) is 68.6 Å². The Hall–Kier alpha value is -2.15. The summed E-state index contributed by atoms with van der Waals surface area (Å²) < 4.78 is 13.5. The summed E-state index contributed by atoms with van der Waals surface area (Å²) in [6.07, 6.45) is 7.08. The number of carbonyl (C=O) groups excluding carboxylic acids is 1. The van der Waals surface area contributed by atoms with Crippen LogP contribution in [0.5, 0.6) is 0 Å². The fourth-order valence-electron chi connectivity index (χ4n) is 4.86. The highest BCUT2D eigenvalue weighted by atomic mass is 16.5. The number of nitrogens with zero attached hydrogens (tertiary/aromatic N) is 3. The maximum Gasteiger partial charge on any atom is 0.253 e. The molecule has 1 aromatic carbocycles. The van der Waals surface area contributed by atoms with Crippen LogP contribution in [0.15, 0.2) is 48.8 Å². The smallest absolute Gasteiger partial charge is 0.253 e. The van der Waals surface area contributed by atoms with Gasteiger partial charge in [0, 0.05) is 56.9 Å². The highest BCUT2D eigenvalue weighted by Gasteiger charge is 2.44. The van der Waals surface area contributed by atoms with Crippen LogP contribution < -0.4 is 0 Å². The summed E-state index contributed by atoms with van der Waals surface area (Å²) in [5, 5.41) is 0. The topological polar surface area (TPSA) is 46.9 Å². The first kappa shape index (κ1) is 21.1. The van der Waals surface area contributed by atoms with E-state index in [9.17, 15) is 4.79 Å². The molecule has 30 heavy (non-hydrogen) atoms. The predicted molar refractivity (Wildman–Crippen MR) is 117 cm³/mol. The number of aromatic nitrogens is 1. The van der Waals surface area contributed by atoms with Gasteiger partial charge in [0.25, 0.3) is 5.91 Å². The van der Waals surface area contributed by atoms with Gasteiger partial charge in [0.15, 0.2) is 0 Å². The molecule has 3 heterocycles. The van der Waals surface area contributed by atoms with Gasteiger partial charge >= 0.3 is 0 Å². The van der Waals surface area contributed by atoms with Gasteiger partial charge in [-0.3, -0.25) is 4.79 Å². The molecule has 2 aromatic rings. The number of rotatable bonds is 7. The van der Waals surface area contributed by atoms with Crippen molar-refractivity contribution in [2.75, 3.05) is 53.6 Å². The zero-order valence-electron chi connectivity index (χ0n) is 18.1. The minimum Gasteiger partial charge on any atom is -0.383 e. The summed E-state index contributed by atoms with van der Waals surface area (Å²) in [6.45, 7) is 4.99. The molecule has 2 aliphatic rings. The molecular formula is C24H33N3O3. The Morgan fingerprint density at radius 2 is 2.03 bits per heavy atom. The molecule has 0 radical (unpaired) electrons. The van der Waals surface area contributed by atoms with Crippen LogP contribution in [0.3, 0.4) is 0 Å². The lowest BCUT2D eigenvalue weighted by Crippen LogP contribution is -2.50. The maximum atomic E-state index is 13.2. The number of methoxy groups -OCH3 is 1. The summed E-state index contributed by atoms with van der Waals surface area (Å²) in [5.41, 5.74) is 1.63. The van der Waals surface area contributed by atoms with Crippen LogP contribution in [0.1, 0.15) is 29.6 Å². The van der Waals surface area contributed by atoms with Crippen molar-refractivity contribution in [3.05, 3.63) is 54.4 Å². The van der Waals surface area contributed by atoms with E-state index in [1.165, 1.54) is 0 Å². The second-order valence-electron chi connectivity index (χ2n) is 8.79. The van der Waals surface area contributed by atoms with E-state index < -0.39 is 0 Å². The average molecular weight is 412 g/mol. The van der Waals surface area contributed by atoms with Gasteiger partial charge in [-0.15, -0.1) is 0 Å². The number of carbonyl (C=O) groups is 1. The second kappa shape index (κ2) is 9.33. The van der Waals surface area contributed by atoms with Crippen LogP contribution in [0, 0.1) is 5.92 Å². The van der Waals surface area contributed by atoms with Gasteiger partial charge in [0.1, 0.15) is 0 Å². The standard InChI is InChI=1S/C24H33N3O3/c1-25(14-15-29-2)17-20-16-24(30-18-20)10-5-13-27(19-24)23(28)21-6-8-22(9-7-21)26-11-3-4-12-26/h3-4,6-9,11-12,20H,5,10,13-19H2,1-2H3. The fourth-order valence-corrected chi connectivity index (χ4v) is 4.86. The molecule has 1 spiro atoms. The first-order chi connectivity index (χ1) is 14.6. The first-order valence-corrected chi connectivity index (χ1v) is 10.9. The Morgan fingerprint density at radius 3 is 2.77 bits per heavy atom. The third-order valence-corrected chi connectivity index (χ3v) is 6.38. The molecule has 0 aliphatic carbocycles. The van der Waals surface area contributed by atoms with E-state index >= 15 is 0 Å². The lowest BCUT2D eigenvalue weighted by Gasteiger charge is -2.40. The normalized spacial score (nSPS) is 24.1. The molecular weight excluding hydrogens is 378 g/mol. The van der Waals surface area contributed by atoms with E-state index in [-0.39, 0.29) is 11.5 Å². The number of hydrogen-bond donors (Lipinski definition) is 0. The highest BCUT2D eigenvalue weighted by molar-refractivity contribution is 5.94. The van der Waals surface area contributed by atoms with Crippen LogP contribution in [0.2, 0.25) is 0 Å². The SMILES string of the molecule is COCCN(C)CC1COC2(CCCN(C(=O)c3ccc(-n4cccc4)cc3)C2)C1. The third-order valence-electron chi connectivity index (χ3n) is 6.38. The van der Waals surface area contributed by atoms with E-state index in [2.05, 4.69) is 11.9 Å². The van der Waals surface area contributed by atoms with E-state index in [1.54, 1.807) is 7.11 Å². The second-order valence-corrected chi connectivity index (χ2v) is 8.79. The number of likely N-dealkylation sites (tertiary alicyclic amines) is 1. The molecule has 2 aliphatic heterocycles. The van der Waals surface area contributed by atoms with Crippen LogP contribution in [0.4, 0.5) is 0 Å². The molecule has 2 saturated heterocycles. The summed E-state index contributed by atoms with van der Waals surface area (Å²) in [7, 11) is 3.88. The predicted octanol–water partition coefficient (Wildman–Crippen LogP) is 3.07. The largest absolute Gasteiger partial charge is 0.383 e. The van der Waals surface area contributed by atoms with Crippen molar-refractivity contribution in [3.8, 4) is 5.69 Å². The summed E-state index contributed by atoms with van der Waals surface area (Å²) in [5.74, 6) is 0.625. The van der Waals surface area contributed by atoms with E-state index in [0.717, 1.165) is 63.4 Å². The highest BCUT2D eigenvalue weighted by Crippen LogP contribution is 2.38. The van der Waals surface area contributed by atoms with Crippen molar-refractivity contribution >= 4 is 5.91 Å². The fraction of sp³-hybridized carbons (Fsp3) is 0.542. The van der Waals surface area contributed by atoms with Gasteiger partial charge in [0.05, 0.1) is 18.8 Å². The third kappa shape index (κ3) is 4.77. The number of benzene rings is 1. The van der Waals surface area contributed by atoms with Crippen molar-refractivity contribution < 1.29 is 14.3 Å². The monoisotopic (exact) mass is 411 g/mol. The van der Waals surface area contributed by atoms with Crippen LogP contribution in [-0.4, -0.2) is 79.4 Å². The lowest BCUT2D eigenvalue weighted by atomic mass is 9.86. The first-order valence-electron chi connectivity index (χ1n) is 10.9. The van der Waals surface area contributed by atoms with E-state index in [0.29, 0.717) is 12.5 Å². The molecule has 0 N–H and O–H groups in total. The van der Waals surface area contributed by atoms with Gasteiger partial charge in [0.2, 0.25) is 0 Å². The van der Waals surface area contributed by atoms with Gasteiger partial charge in [-0.25, -0.2) is 0 Å². The molecule has 2 unspecified atom stereocenters. The molecule has 4 rings (SSSR count). The molecule has 6 nitrogen and oxygen atoms in total. The average Bonchev–Trinajstić information content (AvgIpc) is 3.43. The number of amides is 1. The van der Waals surface area contributed by atoms with Crippen molar-refractivity contribution in [2.24, 2.45) is 5.92 Å². The summed E-state index contributed by atoms with van der Waals surface area (Å²) >= 11 is 0. The van der Waals surface area contributed by atoms with Gasteiger partial charge in [-0.2, -0.15) is 0 Å². The van der Waals surface area contributed by atoms with Crippen molar-refractivity contribution in [1.82, 2.24) is 14.4 Å². The number of ether oxygens (including phenoxy) is 2. The Bertz CT molecular complexity index is 821. The Kier molecular flexibility index (Phi) is 6.56. The van der Waals surface area contributed by atoms with Gasteiger partial charge < -0.3 is 23.8 Å². The Morgan fingerprint density at radius 1 is 1.27 bits per heavy atom. The quantitative estimate of drug-likeness (QED) is 0.703. The maximum absolute atomic E-state index is 13.2. The van der Waals surface area contributed by atoms with E-state index in [1.807, 2.05) is 58.3 Å². The van der Waals surface area contributed by atoms with Crippen LogP contribution >= 0.6 is 0 Å². The summed E-state index contributed by atoms with van der Waals surface area (Å²) in [4.78, 5) is 17.5. The van der Waals surface area contributed by atoms with Crippen LogP contribution in [0.25, 0.3) is 5.69 Å². The van der Waals surface area contributed by atoms with Crippen molar-refractivity contribution in [1.29, 1.82) is 0 Å².